The lowest BCUT2D eigenvalue weighted by Gasteiger charge is -2.17. The summed E-state index contributed by atoms with van der Waals surface area (Å²) in [4.78, 5) is 1.32. The van der Waals surface area contributed by atoms with Gasteiger partial charge in [0.05, 0.1) is 0 Å². The average molecular weight is 350 g/mol. The minimum atomic E-state index is 0.491. The van der Waals surface area contributed by atoms with Crippen LogP contribution in [0.3, 0.4) is 0 Å². The van der Waals surface area contributed by atoms with E-state index in [9.17, 15) is 0 Å². The van der Waals surface area contributed by atoms with E-state index in [1.54, 1.807) is 0 Å². The molecule has 0 spiro atoms. The summed E-state index contributed by atoms with van der Waals surface area (Å²) in [6, 6.07) is 17.6. The summed E-state index contributed by atoms with van der Waals surface area (Å²) in [6.07, 6.45) is 1.08. The molecule has 1 N–H and O–H groups in total. The van der Waals surface area contributed by atoms with Crippen molar-refractivity contribution in [1.29, 1.82) is 0 Å². The van der Waals surface area contributed by atoms with Gasteiger partial charge >= 0.3 is 0 Å². The molecular weight excluding hydrogens is 330 g/mol. The van der Waals surface area contributed by atoms with Gasteiger partial charge in [-0.15, -0.1) is 11.8 Å². The molecule has 0 aliphatic carbocycles. The van der Waals surface area contributed by atoms with Crippen LogP contribution in [0.4, 0.5) is 0 Å². The zero-order valence-electron chi connectivity index (χ0n) is 11.9. The van der Waals surface area contributed by atoms with E-state index >= 15 is 0 Å². The van der Waals surface area contributed by atoms with Gasteiger partial charge in [-0.2, -0.15) is 0 Å². The minimum absolute atomic E-state index is 0.491. The summed E-state index contributed by atoms with van der Waals surface area (Å²) >= 11 is 5.37. The summed E-state index contributed by atoms with van der Waals surface area (Å²) < 4.78 is 1.13. The quantitative estimate of drug-likeness (QED) is 0.759. The zero-order chi connectivity index (χ0) is 14.4. The fourth-order valence-corrected chi connectivity index (χ4v) is 3.35. The molecule has 2 aromatic carbocycles. The molecule has 2 rings (SSSR count). The zero-order valence-corrected chi connectivity index (χ0v) is 14.3. The molecule has 3 heteroatoms. The molecule has 0 radical (unpaired) electrons. The van der Waals surface area contributed by atoms with Crippen molar-refractivity contribution in [3.63, 3.8) is 0 Å². The van der Waals surface area contributed by atoms with E-state index in [1.165, 1.54) is 16.0 Å². The monoisotopic (exact) mass is 349 g/mol. The first-order valence-corrected chi connectivity index (χ1v) is 8.57. The third kappa shape index (κ3) is 4.65. The van der Waals surface area contributed by atoms with Crippen molar-refractivity contribution in [1.82, 2.24) is 5.32 Å². The number of hydrogen-bond acceptors (Lipinski definition) is 2. The highest BCUT2D eigenvalue weighted by molar-refractivity contribution is 9.10. The van der Waals surface area contributed by atoms with Crippen molar-refractivity contribution in [2.45, 2.75) is 24.3 Å². The first-order valence-electron chi connectivity index (χ1n) is 6.79. The van der Waals surface area contributed by atoms with Crippen LogP contribution in [0.5, 0.6) is 0 Å². The van der Waals surface area contributed by atoms with Crippen molar-refractivity contribution in [2.24, 2.45) is 0 Å². The van der Waals surface area contributed by atoms with Crippen molar-refractivity contribution < 1.29 is 0 Å². The van der Waals surface area contributed by atoms with Gasteiger partial charge in [-0.1, -0.05) is 40.2 Å². The number of hydrogen-bond donors (Lipinski definition) is 1. The van der Waals surface area contributed by atoms with Crippen LogP contribution in [0.25, 0.3) is 0 Å². The van der Waals surface area contributed by atoms with E-state index in [0.717, 1.165) is 16.6 Å². The normalized spacial score (nSPS) is 12.3. The molecule has 20 heavy (non-hydrogen) atoms. The van der Waals surface area contributed by atoms with Gasteiger partial charge in [0.15, 0.2) is 0 Å². The van der Waals surface area contributed by atoms with Gasteiger partial charge in [-0.05, 0) is 55.8 Å². The first kappa shape index (κ1) is 15.6. The lowest BCUT2D eigenvalue weighted by atomic mass is 10.0. The Morgan fingerprint density at radius 3 is 2.45 bits per heavy atom. The molecule has 2 aromatic rings. The summed E-state index contributed by atoms with van der Waals surface area (Å²) in [5.74, 6) is 1.08. The summed E-state index contributed by atoms with van der Waals surface area (Å²) in [5.41, 5.74) is 2.81. The van der Waals surface area contributed by atoms with Gasteiger partial charge in [-0.25, -0.2) is 0 Å². The fourth-order valence-electron chi connectivity index (χ4n) is 2.08. The van der Waals surface area contributed by atoms with Gasteiger partial charge in [-0.3, -0.25) is 0 Å². The number of thioether (sulfide) groups is 1. The minimum Gasteiger partial charge on any atom is -0.316 e. The Kier molecular flexibility index (Phi) is 6.14. The number of rotatable bonds is 6. The molecule has 0 saturated heterocycles. The predicted octanol–water partition coefficient (Wildman–Crippen LogP) is 4.68. The van der Waals surface area contributed by atoms with E-state index in [0.29, 0.717) is 6.04 Å². The topological polar surface area (TPSA) is 12.0 Å². The molecule has 0 bridgehead atoms. The van der Waals surface area contributed by atoms with Gasteiger partial charge in [0.1, 0.15) is 0 Å². The van der Waals surface area contributed by atoms with Crippen LogP contribution in [-0.4, -0.2) is 18.8 Å². The first-order chi connectivity index (χ1) is 9.69. The van der Waals surface area contributed by atoms with Gasteiger partial charge in [0.25, 0.3) is 0 Å². The van der Waals surface area contributed by atoms with Crippen LogP contribution in [-0.2, 0) is 6.42 Å². The van der Waals surface area contributed by atoms with Crippen LogP contribution in [0.15, 0.2) is 57.9 Å². The van der Waals surface area contributed by atoms with Gasteiger partial charge in [0.2, 0.25) is 0 Å². The van der Waals surface area contributed by atoms with Crippen molar-refractivity contribution in [3.05, 3.63) is 64.1 Å². The largest absolute Gasteiger partial charge is 0.316 e. The second-order valence-corrected chi connectivity index (χ2v) is 6.89. The van der Waals surface area contributed by atoms with Crippen LogP contribution >= 0.6 is 27.7 Å². The third-order valence-corrected chi connectivity index (χ3v) is 5.10. The summed E-state index contributed by atoms with van der Waals surface area (Å²) in [6.45, 7) is 2.18. The fraction of sp³-hybridized carbons (Fsp3) is 0.294. The van der Waals surface area contributed by atoms with Crippen LogP contribution in [0.2, 0.25) is 0 Å². The molecule has 0 aliphatic rings. The van der Waals surface area contributed by atoms with E-state index < -0.39 is 0 Å². The van der Waals surface area contributed by atoms with Crippen molar-refractivity contribution in [3.8, 4) is 0 Å². The molecule has 0 amide bonds. The number of halogens is 1. The highest BCUT2D eigenvalue weighted by Gasteiger charge is 2.09. The maximum absolute atomic E-state index is 3.47. The van der Waals surface area contributed by atoms with Crippen LogP contribution in [0, 0.1) is 6.92 Å². The molecule has 1 atom stereocenters. The van der Waals surface area contributed by atoms with Crippen molar-refractivity contribution in [2.75, 3.05) is 12.8 Å². The molecule has 0 heterocycles. The molecule has 0 saturated carbocycles. The van der Waals surface area contributed by atoms with Crippen LogP contribution < -0.4 is 5.32 Å². The van der Waals surface area contributed by atoms with Gasteiger partial charge in [0, 0.05) is 21.2 Å². The number of benzene rings is 2. The Morgan fingerprint density at radius 2 is 1.80 bits per heavy atom. The Bertz CT molecular complexity index is 539. The van der Waals surface area contributed by atoms with Gasteiger partial charge < -0.3 is 5.32 Å². The lowest BCUT2D eigenvalue weighted by molar-refractivity contribution is 0.615. The second-order valence-electron chi connectivity index (χ2n) is 4.88. The molecule has 0 aliphatic heterocycles. The lowest BCUT2D eigenvalue weighted by Crippen LogP contribution is -2.30. The Hall–Kier alpha value is -0.770. The molecule has 1 unspecified atom stereocenters. The third-order valence-electron chi connectivity index (χ3n) is 3.40. The smallest absolute Gasteiger partial charge is 0.0199 e. The number of aryl methyl sites for hydroxylation is 1. The molecule has 0 fully saturated rings. The summed E-state index contributed by atoms with van der Waals surface area (Å²) in [5, 5.41) is 3.43. The van der Waals surface area contributed by atoms with E-state index in [-0.39, 0.29) is 0 Å². The molecule has 106 valence electrons. The Labute approximate surface area is 134 Å². The van der Waals surface area contributed by atoms with Crippen LogP contribution in [0.1, 0.15) is 11.1 Å². The van der Waals surface area contributed by atoms with E-state index in [4.69, 9.17) is 0 Å². The number of nitrogens with one attached hydrogen (secondary N) is 1. The SMILES string of the molecule is CNC(CSc1ccc(Br)cc1)Cc1ccccc1C. The maximum atomic E-state index is 3.47. The number of likely N-dealkylation sites (N-methyl/N-ethyl adjacent to an activating group) is 1. The Balaban J connectivity index is 1.92. The Morgan fingerprint density at radius 1 is 1.10 bits per heavy atom. The highest BCUT2D eigenvalue weighted by Crippen LogP contribution is 2.22. The second kappa shape index (κ2) is 7.87. The molecule has 1 nitrogen and oxygen atoms in total. The molecular formula is C17H20BrNS. The predicted molar refractivity (Wildman–Crippen MR) is 92.6 cm³/mol. The van der Waals surface area contributed by atoms with E-state index in [1.807, 2.05) is 18.8 Å². The standard InChI is InChI=1S/C17H20BrNS/c1-13-5-3-4-6-14(13)11-16(19-2)12-20-17-9-7-15(18)8-10-17/h3-10,16,19H,11-12H2,1-2H3. The molecule has 0 aromatic heterocycles. The summed E-state index contributed by atoms with van der Waals surface area (Å²) in [7, 11) is 2.05. The van der Waals surface area contributed by atoms with Crippen molar-refractivity contribution >= 4 is 27.7 Å². The average Bonchev–Trinajstić information content (AvgIpc) is 2.47. The van der Waals surface area contributed by atoms with E-state index in [2.05, 4.69) is 76.7 Å². The maximum Gasteiger partial charge on any atom is 0.0199 e. The highest BCUT2D eigenvalue weighted by atomic mass is 79.9.